The van der Waals surface area contributed by atoms with Crippen molar-refractivity contribution in [2.75, 3.05) is 11.1 Å². The summed E-state index contributed by atoms with van der Waals surface area (Å²) in [7, 11) is 0. The molecule has 8 nitrogen and oxygen atoms in total. The minimum atomic E-state index is -0.187. The fourth-order valence-corrected chi connectivity index (χ4v) is 4.91. The number of carbonyl (C=O) groups is 1. The van der Waals surface area contributed by atoms with Crippen LogP contribution in [0.25, 0.3) is 22.2 Å². The fraction of sp³-hybridized carbons (Fsp3) is 0.273. The lowest BCUT2D eigenvalue weighted by atomic mass is 9.91. The standard InChI is InChI=1S/C22H22ClN7OS/c23-16-10-26-22(30-19(16)15-9-25-17-7-2-1-6-14(15)17)28-13-5-3-4-12(8-13)27-20(31)18-11-32-21(24)29-18/h1-2,6-7,9-13,25H,3-5,8H2,(H2,24,29)(H,27,31)(H,26,28,30)/t12-,13+/m0/s1. The predicted octanol–water partition coefficient (Wildman–Crippen LogP) is 4.47. The highest BCUT2D eigenvalue weighted by Crippen LogP contribution is 2.32. The van der Waals surface area contributed by atoms with Gasteiger partial charge >= 0.3 is 0 Å². The molecule has 1 saturated carbocycles. The first kappa shape index (κ1) is 20.7. The number of aromatic nitrogens is 4. The number of rotatable bonds is 5. The SMILES string of the molecule is Nc1nc(C(=O)N[C@H]2CCC[C@@H](Nc3ncc(Cl)c(-c4c[nH]c5ccccc45)n3)C2)cs1. The summed E-state index contributed by atoms with van der Waals surface area (Å²) in [6.45, 7) is 0. The highest BCUT2D eigenvalue weighted by Gasteiger charge is 2.25. The Balaban J connectivity index is 1.30. The van der Waals surface area contributed by atoms with Gasteiger partial charge < -0.3 is 21.4 Å². The van der Waals surface area contributed by atoms with Gasteiger partial charge in [-0.2, -0.15) is 0 Å². The van der Waals surface area contributed by atoms with E-state index in [9.17, 15) is 4.79 Å². The number of halogens is 1. The number of nitrogens with one attached hydrogen (secondary N) is 3. The van der Waals surface area contributed by atoms with E-state index in [2.05, 4.69) is 25.6 Å². The smallest absolute Gasteiger partial charge is 0.271 e. The molecule has 1 amide bonds. The van der Waals surface area contributed by atoms with Crippen LogP contribution in [0.1, 0.15) is 36.2 Å². The number of hydrogen-bond acceptors (Lipinski definition) is 7. The molecule has 1 aliphatic rings. The number of nitrogen functional groups attached to an aromatic ring is 1. The van der Waals surface area contributed by atoms with Crippen LogP contribution < -0.4 is 16.4 Å². The lowest BCUT2D eigenvalue weighted by Crippen LogP contribution is -2.42. The van der Waals surface area contributed by atoms with Crippen molar-refractivity contribution in [1.29, 1.82) is 0 Å². The Morgan fingerprint density at radius 3 is 2.91 bits per heavy atom. The quantitative estimate of drug-likeness (QED) is 0.343. The third-order valence-electron chi connectivity index (χ3n) is 5.69. The van der Waals surface area contributed by atoms with Crippen molar-refractivity contribution >= 4 is 50.8 Å². The Hall–Kier alpha value is -3.17. The number of amides is 1. The highest BCUT2D eigenvalue weighted by atomic mass is 35.5. The summed E-state index contributed by atoms with van der Waals surface area (Å²) in [5.41, 5.74) is 8.65. The molecule has 0 bridgehead atoms. The van der Waals surface area contributed by atoms with Gasteiger partial charge in [-0.15, -0.1) is 11.3 Å². The van der Waals surface area contributed by atoms with Crippen molar-refractivity contribution in [1.82, 2.24) is 25.3 Å². The third kappa shape index (κ3) is 4.26. The first-order chi connectivity index (χ1) is 15.6. The average molecular weight is 468 g/mol. The van der Waals surface area contributed by atoms with Gasteiger partial charge in [0.2, 0.25) is 5.95 Å². The van der Waals surface area contributed by atoms with Gasteiger partial charge in [0.1, 0.15) is 5.69 Å². The van der Waals surface area contributed by atoms with E-state index >= 15 is 0 Å². The third-order valence-corrected chi connectivity index (χ3v) is 6.64. The van der Waals surface area contributed by atoms with E-state index in [1.165, 1.54) is 11.3 Å². The Morgan fingerprint density at radius 1 is 1.22 bits per heavy atom. The number of hydrogen-bond donors (Lipinski definition) is 4. The number of carbonyl (C=O) groups excluding carboxylic acids is 1. The van der Waals surface area contributed by atoms with E-state index in [1.54, 1.807) is 11.6 Å². The minimum absolute atomic E-state index is 0.0528. The molecule has 0 radical (unpaired) electrons. The van der Waals surface area contributed by atoms with Crippen molar-refractivity contribution in [2.24, 2.45) is 0 Å². The van der Waals surface area contributed by atoms with Crippen LogP contribution in [0.15, 0.2) is 42.0 Å². The molecule has 2 atom stereocenters. The summed E-state index contributed by atoms with van der Waals surface area (Å²) < 4.78 is 0. The molecule has 1 aromatic carbocycles. The summed E-state index contributed by atoms with van der Waals surface area (Å²) in [4.78, 5) is 28.8. The number of aromatic amines is 1. The molecule has 0 spiro atoms. The second-order valence-electron chi connectivity index (χ2n) is 7.89. The van der Waals surface area contributed by atoms with E-state index in [-0.39, 0.29) is 18.0 Å². The van der Waals surface area contributed by atoms with E-state index < -0.39 is 0 Å². The molecule has 3 heterocycles. The fourth-order valence-electron chi connectivity index (χ4n) is 4.18. The van der Waals surface area contributed by atoms with Crippen LogP contribution in [0, 0.1) is 0 Å². The number of thiazole rings is 1. The number of nitrogens with zero attached hydrogens (tertiary/aromatic N) is 3. The number of para-hydroxylation sites is 1. The van der Waals surface area contributed by atoms with Crippen molar-refractivity contribution in [3.8, 4) is 11.3 Å². The maximum absolute atomic E-state index is 12.4. The van der Waals surface area contributed by atoms with Gasteiger partial charge in [0.15, 0.2) is 5.13 Å². The normalized spacial score (nSPS) is 18.5. The van der Waals surface area contributed by atoms with Crippen LogP contribution in [0.4, 0.5) is 11.1 Å². The largest absolute Gasteiger partial charge is 0.375 e. The number of benzene rings is 1. The number of anilines is 2. The van der Waals surface area contributed by atoms with Gasteiger partial charge in [0.25, 0.3) is 5.91 Å². The van der Waals surface area contributed by atoms with Gasteiger partial charge in [0, 0.05) is 40.1 Å². The summed E-state index contributed by atoms with van der Waals surface area (Å²) in [5.74, 6) is 0.340. The molecular weight excluding hydrogens is 446 g/mol. The second kappa shape index (κ2) is 8.76. The molecule has 3 aromatic heterocycles. The lowest BCUT2D eigenvalue weighted by Gasteiger charge is -2.30. The topological polar surface area (TPSA) is 122 Å². The van der Waals surface area contributed by atoms with Crippen LogP contribution in [-0.4, -0.2) is 37.9 Å². The van der Waals surface area contributed by atoms with Crippen LogP contribution in [0.2, 0.25) is 5.02 Å². The molecular formula is C22H22ClN7OS. The minimum Gasteiger partial charge on any atom is -0.375 e. The summed E-state index contributed by atoms with van der Waals surface area (Å²) in [5, 5.41) is 10.1. The Morgan fingerprint density at radius 2 is 2.06 bits per heavy atom. The zero-order valence-corrected chi connectivity index (χ0v) is 18.7. The maximum Gasteiger partial charge on any atom is 0.271 e. The zero-order valence-electron chi connectivity index (χ0n) is 17.1. The van der Waals surface area contributed by atoms with Gasteiger partial charge in [-0.3, -0.25) is 4.79 Å². The van der Waals surface area contributed by atoms with Crippen LogP contribution >= 0.6 is 22.9 Å². The van der Waals surface area contributed by atoms with Crippen molar-refractivity contribution in [3.05, 3.63) is 52.8 Å². The summed E-state index contributed by atoms with van der Waals surface area (Å²) >= 11 is 7.71. The number of fused-ring (bicyclic) bond motifs is 1. The molecule has 10 heteroatoms. The first-order valence-corrected chi connectivity index (χ1v) is 11.7. The Kier molecular flexibility index (Phi) is 5.67. The molecule has 0 aliphatic heterocycles. The van der Waals surface area contributed by atoms with Crippen LogP contribution in [-0.2, 0) is 0 Å². The molecule has 5 N–H and O–H groups in total. The summed E-state index contributed by atoms with van der Waals surface area (Å²) in [6.07, 6.45) is 7.21. The first-order valence-electron chi connectivity index (χ1n) is 10.4. The van der Waals surface area contributed by atoms with E-state index in [0.717, 1.165) is 42.1 Å². The van der Waals surface area contributed by atoms with Crippen LogP contribution in [0.3, 0.4) is 0 Å². The monoisotopic (exact) mass is 467 g/mol. The predicted molar refractivity (Wildman–Crippen MR) is 128 cm³/mol. The van der Waals surface area contributed by atoms with E-state index in [0.29, 0.717) is 27.5 Å². The van der Waals surface area contributed by atoms with Crippen LogP contribution in [0.5, 0.6) is 0 Å². The van der Waals surface area contributed by atoms with Gasteiger partial charge in [-0.25, -0.2) is 15.0 Å². The van der Waals surface area contributed by atoms with E-state index in [1.807, 2.05) is 30.5 Å². The molecule has 1 fully saturated rings. The van der Waals surface area contributed by atoms with Crippen molar-refractivity contribution < 1.29 is 4.79 Å². The van der Waals surface area contributed by atoms with Gasteiger partial charge in [-0.1, -0.05) is 29.8 Å². The molecule has 164 valence electrons. The van der Waals surface area contributed by atoms with Crippen molar-refractivity contribution in [2.45, 2.75) is 37.8 Å². The van der Waals surface area contributed by atoms with Gasteiger partial charge in [-0.05, 0) is 31.7 Å². The summed E-state index contributed by atoms with van der Waals surface area (Å²) in [6, 6.07) is 8.23. The maximum atomic E-state index is 12.4. The molecule has 4 aromatic rings. The molecule has 0 saturated heterocycles. The second-order valence-corrected chi connectivity index (χ2v) is 9.18. The lowest BCUT2D eigenvalue weighted by molar-refractivity contribution is 0.0922. The average Bonchev–Trinajstić information content (AvgIpc) is 3.42. The molecule has 1 aliphatic carbocycles. The highest BCUT2D eigenvalue weighted by molar-refractivity contribution is 7.13. The van der Waals surface area contributed by atoms with Crippen molar-refractivity contribution in [3.63, 3.8) is 0 Å². The molecule has 32 heavy (non-hydrogen) atoms. The Labute approximate surface area is 193 Å². The molecule has 5 rings (SSSR count). The zero-order chi connectivity index (χ0) is 22.1. The van der Waals surface area contributed by atoms with E-state index in [4.69, 9.17) is 22.3 Å². The number of nitrogens with two attached hydrogens (primary N) is 1. The number of H-pyrrole nitrogens is 1. The molecule has 0 unspecified atom stereocenters. The van der Waals surface area contributed by atoms with Gasteiger partial charge in [0.05, 0.1) is 16.9 Å². The Bertz CT molecular complexity index is 1270.